The smallest absolute Gasteiger partial charge is 0.416 e. The van der Waals surface area contributed by atoms with Crippen LogP contribution in [0.5, 0.6) is 0 Å². The number of carbonyl (C=O) groups is 3. The second-order valence-electron chi connectivity index (χ2n) is 8.57. The highest BCUT2D eigenvalue weighted by Gasteiger charge is 2.36. The van der Waals surface area contributed by atoms with Gasteiger partial charge in [0.2, 0.25) is 11.8 Å². The number of alkyl halides is 3. The second kappa shape index (κ2) is 9.13. The molecule has 182 valence electrons. The molecule has 1 fully saturated rings. The van der Waals surface area contributed by atoms with Crippen LogP contribution in [-0.4, -0.2) is 54.3 Å². The molecule has 34 heavy (non-hydrogen) atoms. The minimum atomic E-state index is -4.56. The standard InChI is InChI=1S/C23H25F3N4O4/c1-13-3-6-19(34-13)21(32)27-16-7-9-29(10-8-16)14(2)22(33)30-12-20(31)28-17-11-15(23(24,25)26)4-5-18(17)30/h3-6,11,14,16H,7-10,12H2,1-2H3,(H,27,32)(H,28,31). The Morgan fingerprint density at radius 3 is 2.50 bits per heavy atom. The summed E-state index contributed by atoms with van der Waals surface area (Å²) >= 11 is 0. The molecule has 0 radical (unpaired) electrons. The number of hydrogen-bond acceptors (Lipinski definition) is 5. The van der Waals surface area contributed by atoms with E-state index in [1.54, 1.807) is 26.0 Å². The molecule has 11 heteroatoms. The maximum atomic E-state index is 13.2. The Labute approximate surface area is 194 Å². The van der Waals surface area contributed by atoms with E-state index in [-0.39, 0.29) is 41.5 Å². The zero-order valence-corrected chi connectivity index (χ0v) is 18.7. The first kappa shape index (κ1) is 23.8. The number of halogens is 3. The quantitative estimate of drug-likeness (QED) is 0.704. The predicted molar refractivity (Wildman–Crippen MR) is 117 cm³/mol. The van der Waals surface area contributed by atoms with Crippen molar-refractivity contribution in [1.29, 1.82) is 0 Å². The van der Waals surface area contributed by atoms with Crippen molar-refractivity contribution >= 4 is 29.1 Å². The lowest BCUT2D eigenvalue weighted by Gasteiger charge is -2.38. The number of rotatable bonds is 4. The molecule has 4 rings (SSSR count). The topological polar surface area (TPSA) is 94.9 Å². The number of aryl methyl sites for hydroxylation is 1. The lowest BCUT2D eigenvalue weighted by atomic mass is 10.0. The van der Waals surface area contributed by atoms with Gasteiger partial charge in [-0.25, -0.2) is 0 Å². The normalized spacial score (nSPS) is 18.3. The lowest BCUT2D eigenvalue weighted by molar-refractivity contribution is -0.137. The van der Waals surface area contributed by atoms with Gasteiger partial charge in [-0.15, -0.1) is 0 Å². The third-order valence-electron chi connectivity index (χ3n) is 6.19. The van der Waals surface area contributed by atoms with Crippen molar-refractivity contribution in [3.63, 3.8) is 0 Å². The fraction of sp³-hybridized carbons (Fsp3) is 0.435. The van der Waals surface area contributed by atoms with Crippen LogP contribution in [0.25, 0.3) is 0 Å². The van der Waals surface area contributed by atoms with E-state index in [1.807, 2.05) is 4.90 Å². The van der Waals surface area contributed by atoms with Crippen LogP contribution in [-0.2, 0) is 15.8 Å². The van der Waals surface area contributed by atoms with Crippen molar-refractivity contribution in [1.82, 2.24) is 10.2 Å². The van der Waals surface area contributed by atoms with Crippen LogP contribution >= 0.6 is 0 Å². The van der Waals surface area contributed by atoms with Crippen molar-refractivity contribution in [3.8, 4) is 0 Å². The van der Waals surface area contributed by atoms with Gasteiger partial charge in [0.15, 0.2) is 5.76 Å². The third kappa shape index (κ3) is 4.93. The Bertz CT molecular complexity index is 1110. The van der Waals surface area contributed by atoms with Gasteiger partial charge < -0.3 is 15.1 Å². The maximum Gasteiger partial charge on any atom is 0.416 e. The first-order valence-electron chi connectivity index (χ1n) is 11.0. The van der Waals surface area contributed by atoms with Crippen LogP contribution in [0.1, 0.15) is 41.6 Å². The van der Waals surface area contributed by atoms with Crippen LogP contribution in [0.2, 0.25) is 0 Å². The summed E-state index contributed by atoms with van der Waals surface area (Å²) in [5, 5.41) is 5.36. The highest BCUT2D eigenvalue weighted by atomic mass is 19.4. The van der Waals surface area contributed by atoms with E-state index in [2.05, 4.69) is 10.6 Å². The van der Waals surface area contributed by atoms with Gasteiger partial charge in [-0.1, -0.05) is 0 Å². The Morgan fingerprint density at radius 2 is 1.88 bits per heavy atom. The van der Waals surface area contributed by atoms with Gasteiger partial charge in [0.05, 0.1) is 23.0 Å². The number of fused-ring (bicyclic) bond motifs is 1. The fourth-order valence-corrected chi connectivity index (χ4v) is 4.29. The van der Waals surface area contributed by atoms with Crippen LogP contribution in [0, 0.1) is 6.92 Å². The summed E-state index contributed by atoms with van der Waals surface area (Å²) < 4.78 is 44.5. The molecule has 3 heterocycles. The van der Waals surface area contributed by atoms with Gasteiger partial charge in [-0.2, -0.15) is 13.2 Å². The number of benzene rings is 1. The predicted octanol–water partition coefficient (Wildman–Crippen LogP) is 3.17. The zero-order chi connectivity index (χ0) is 24.6. The molecule has 2 aromatic rings. The molecule has 1 aromatic heterocycles. The number of likely N-dealkylation sites (tertiary alicyclic amines) is 1. The summed E-state index contributed by atoms with van der Waals surface area (Å²) in [6, 6.07) is 5.62. The summed E-state index contributed by atoms with van der Waals surface area (Å²) in [5.74, 6) is -0.315. The summed E-state index contributed by atoms with van der Waals surface area (Å²) in [4.78, 5) is 40.8. The van der Waals surface area contributed by atoms with Crippen molar-refractivity contribution in [3.05, 3.63) is 47.4 Å². The van der Waals surface area contributed by atoms with Crippen LogP contribution in [0.3, 0.4) is 0 Å². The molecule has 2 aliphatic rings. The van der Waals surface area contributed by atoms with Gasteiger partial charge >= 0.3 is 6.18 Å². The Kier molecular flexibility index (Phi) is 6.39. The van der Waals surface area contributed by atoms with E-state index < -0.39 is 23.7 Å². The summed E-state index contributed by atoms with van der Waals surface area (Å²) in [5.41, 5.74) is -0.704. The van der Waals surface area contributed by atoms with Crippen molar-refractivity contribution in [2.45, 2.75) is 44.9 Å². The average Bonchev–Trinajstić information content (AvgIpc) is 3.23. The Hall–Kier alpha value is -3.34. The number of amides is 3. The highest BCUT2D eigenvalue weighted by molar-refractivity contribution is 6.11. The average molecular weight is 478 g/mol. The molecule has 2 aliphatic heterocycles. The molecule has 0 saturated carbocycles. The fourth-order valence-electron chi connectivity index (χ4n) is 4.29. The number of carbonyl (C=O) groups excluding carboxylic acids is 3. The highest BCUT2D eigenvalue weighted by Crippen LogP contribution is 2.37. The largest absolute Gasteiger partial charge is 0.456 e. The van der Waals surface area contributed by atoms with Crippen molar-refractivity contribution in [2.75, 3.05) is 29.9 Å². The first-order chi connectivity index (χ1) is 16.0. The molecule has 1 atom stereocenters. The second-order valence-corrected chi connectivity index (χ2v) is 8.57. The molecule has 1 saturated heterocycles. The number of furan rings is 1. The Morgan fingerprint density at radius 1 is 1.18 bits per heavy atom. The molecule has 1 aromatic carbocycles. The molecule has 3 amide bonds. The van der Waals surface area contributed by atoms with Crippen LogP contribution in [0.4, 0.5) is 24.5 Å². The van der Waals surface area contributed by atoms with E-state index >= 15 is 0 Å². The van der Waals surface area contributed by atoms with Gasteiger partial charge in [0.25, 0.3) is 5.91 Å². The number of piperidine rings is 1. The van der Waals surface area contributed by atoms with Crippen LogP contribution in [0.15, 0.2) is 34.7 Å². The molecule has 0 spiro atoms. The van der Waals surface area contributed by atoms with E-state index in [9.17, 15) is 27.6 Å². The van der Waals surface area contributed by atoms with Crippen molar-refractivity contribution in [2.24, 2.45) is 0 Å². The molecule has 2 N–H and O–H groups in total. The lowest BCUT2D eigenvalue weighted by Crippen LogP contribution is -2.54. The van der Waals surface area contributed by atoms with E-state index in [4.69, 9.17) is 4.42 Å². The Balaban J connectivity index is 1.39. The van der Waals surface area contributed by atoms with Gasteiger partial charge in [-0.05, 0) is 57.0 Å². The number of anilines is 2. The van der Waals surface area contributed by atoms with Gasteiger partial charge in [-0.3, -0.25) is 24.2 Å². The molecular weight excluding hydrogens is 453 g/mol. The summed E-state index contributed by atoms with van der Waals surface area (Å²) in [6.07, 6.45) is -3.32. The molecule has 0 bridgehead atoms. The molecule has 0 aliphatic carbocycles. The zero-order valence-electron chi connectivity index (χ0n) is 18.7. The number of nitrogens with zero attached hydrogens (tertiary/aromatic N) is 2. The van der Waals surface area contributed by atoms with Gasteiger partial charge in [0.1, 0.15) is 12.3 Å². The summed E-state index contributed by atoms with van der Waals surface area (Å²) in [7, 11) is 0. The first-order valence-corrected chi connectivity index (χ1v) is 11.0. The van der Waals surface area contributed by atoms with Crippen LogP contribution < -0.4 is 15.5 Å². The SMILES string of the molecule is Cc1ccc(C(=O)NC2CCN(C(C)C(=O)N3CC(=O)Nc4cc(C(F)(F)F)ccc43)CC2)o1. The maximum absolute atomic E-state index is 13.2. The number of nitrogens with one attached hydrogen (secondary N) is 2. The van der Waals surface area contributed by atoms with Crippen molar-refractivity contribution < 1.29 is 32.0 Å². The van der Waals surface area contributed by atoms with E-state index in [0.29, 0.717) is 31.7 Å². The number of hydrogen-bond donors (Lipinski definition) is 2. The van der Waals surface area contributed by atoms with Gasteiger partial charge in [0, 0.05) is 19.1 Å². The monoisotopic (exact) mass is 478 g/mol. The minimum Gasteiger partial charge on any atom is -0.456 e. The minimum absolute atomic E-state index is 0.0405. The van der Waals surface area contributed by atoms with E-state index in [0.717, 1.165) is 12.1 Å². The van der Waals surface area contributed by atoms with E-state index in [1.165, 1.54) is 11.0 Å². The summed E-state index contributed by atoms with van der Waals surface area (Å²) in [6.45, 7) is 4.27. The molecule has 8 nitrogen and oxygen atoms in total. The molecular formula is C23H25F3N4O4. The third-order valence-corrected chi connectivity index (χ3v) is 6.19. The molecule has 1 unspecified atom stereocenters.